The highest BCUT2D eigenvalue weighted by molar-refractivity contribution is 5.96. The maximum Gasteiger partial charge on any atom is 0.220 e. The highest BCUT2D eigenvalue weighted by atomic mass is 15.0. The zero-order chi connectivity index (χ0) is 43.6. The van der Waals surface area contributed by atoms with E-state index in [1.165, 1.54) is 79.5 Å². The Hall–Kier alpha value is -7.04. The van der Waals surface area contributed by atoms with Gasteiger partial charge in [-0.25, -0.2) is 4.57 Å². The topological polar surface area (TPSA) is 33.5 Å². The second kappa shape index (κ2) is 17.6. The molecule has 5 aromatic carbocycles. The number of aromatic nitrogens is 4. The molecule has 0 saturated carbocycles. The van der Waals surface area contributed by atoms with Crippen molar-refractivity contribution < 1.29 is 9.13 Å². The minimum Gasteiger partial charge on any atom is -0.264 e. The predicted molar refractivity (Wildman–Crippen MR) is 264 cm³/mol. The van der Waals surface area contributed by atoms with Crippen LogP contribution in [0.5, 0.6) is 0 Å². The van der Waals surface area contributed by atoms with Gasteiger partial charge >= 0.3 is 0 Å². The van der Waals surface area contributed by atoms with E-state index in [2.05, 4.69) is 199 Å². The Kier molecular flexibility index (Phi) is 11.3. The Morgan fingerprint density at radius 3 is 1.88 bits per heavy atom. The van der Waals surface area contributed by atoms with Crippen molar-refractivity contribution in [3.05, 3.63) is 206 Å². The maximum atomic E-state index is 4.45. The van der Waals surface area contributed by atoms with E-state index in [9.17, 15) is 0 Å². The maximum absolute atomic E-state index is 4.45. The number of hydrogen-bond donors (Lipinski definition) is 0. The van der Waals surface area contributed by atoms with Crippen LogP contribution in [0.3, 0.4) is 0 Å². The fourth-order valence-corrected chi connectivity index (χ4v) is 10.8. The van der Waals surface area contributed by atoms with Crippen LogP contribution >= 0.6 is 0 Å². The van der Waals surface area contributed by atoms with Crippen molar-refractivity contribution in [1.29, 1.82) is 0 Å². The molecule has 4 aromatic heterocycles. The quantitative estimate of drug-likeness (QED) is 0.115. The standard InChI is InChI=1S/C60H56N4/c1-5-8-17-42-18-14-24-53-52(42)29-33-64-58(6-2)60(7-3,56-25-10-9-23-54(56)59(53)64)39-46-28-27-45(38-55(46)57-26-11-12-32-63(57)4)43-19-13-20-44(34-43)49-35-50(47-21-15-30-61-40-47)37-51(36-49)48-22-16-31-62-41-48/h9-16,18-38,40-41,58H,5-8,17,39H2,1-4H3/q+2. The summed E-state index contributed by atoms with van der Waals surface area (Å²) >= 11 is 0. The molecule has 0 saturated heterocycles. The molecule has 314 valence electrons. The third kappa shape index (κ3) is 7.41. The average molecular weight is 833 g/mol. The lowest BCUT2D eigenvalue weighted by atomic mass is 9.63. The number of aryl methyl sites for hydroxylation is 2. The Labute approximate surface area is 378 Å². The lowest BCUT2D eigenvalue weighted by molar-refractivity contribution is -0.724. The molecule has 1 aliphatic heterocycles. The van der Waals surface area contributed by atoms with Gasteiger partial charge in [0.25, 0.3) is 0 Å². The third-order valence-corrected chi connectivity index (χ3v) is 14.0. The van der Waals surface area contributed by atoms with Crippen molar-refractivity contribution in [3.63, 3.8) is 0 Å². The van der Waals surface area contributed by atoms with E-state index >= 15 is 0 Å². The number of unbranched alkanes of at least 4 members (excludes halogenated alkanes) is 1. The molecule has 10 rings (SSSR count). The Balaban J connectivity index is 1.09. The number of pyridine rings is 4. The van der Waals surface area contributed by atoms with E-state index in [0.29, 0.717) is 0 Å². The van der Waals surface area contributed by atoms with Gasteiger partial charge in [-0.15, -0.1) is 0 Å². The first-order valence-electron chi connectivity index (χ1n) is 23.2. The SMILES string of the molecule is CCCCc1cccc2c3[n+](ccc12)C(CC)C(CC)(Cc1ccc(-c2cccc(-c4cc(-c5cccnc5)cc(-c5cccnc5)c4)c2)cc1-c1cccc[n+]1C)c1ccccc1-3. The van der Waals surface area contributed by atoms with Gasteiger partial charge in [-0.2, -0.15) is 4.57 Å². The first-order valence-corrected chi connectivity index (χ1v) is 23.2. The molecule has 5 heterocycles. The molecule has 9 aromatic rings. The second-order valence-electron chi connectivity index (χ2n) is 17.6. The average Bonchev–Trinajstić information content (AvgIpc) is 3.36. The van der Waals surface area contributed by atoms with E-state index in [0.717, 1.165) is 53.5 Å². The van der Waals surface area contributed by atoms with Crippen molar-refractivity contribution in [2.24, 2.45) is 7.05 Å². The molecule has 4 nitrogen and oxygen atoms in total. The van der Waals surface area contributed by atoms with Gasteiger partial charge in [0.05, 0.1) is 16.4 Å². The van der Waals surface area contributed by atoms with Gasteiger partial charge in [-0.3, -0.25) is 9.97 Å². The fourth-order valence-electron chi connectivity index (χ4n) is 10.8. The van der Waals surface area contributed by atoms with Crippen molar-refractivity contribution in [2.45, 2.75) is 70.8 Å². The first kappa shape index (κ1) is 41.0. The van der Waals surface area contributed by atoms with E-state index in [1.54, 1.807) is 0 Å². The Morgan fingerprint density at radius 1 is 0.531 bits per heavy atom. The number of rotatable bonds is 12. The molecular formula is C60H56N4+2. The second-order valence-corrected chi connectivity index (χ2v) is 17.6. The molecule has 4 heteroatoms. The van der Waals surface area contributed by atoms with Crippen LogP contribution in [0.25, 0.3) is 77.8 Å². The lowest BCUT2D eigenvalue weighted by Gasteiger charge is -2.42. The summed E-state index contributed by atoms with van der Waals surface area (Å²) < 4.78 is 4.93. The van der Waals surface area contributed by atoms with Gasteiger partial charge in [0.2, 0.25) is 11.4 Å². The molecule has 2 unspecified atom stereocenters. The summed E-state index contributed by atoms with van der Waals surface area (Å²) in [6.07, 6.45) is 18.6. The molecule has 0 bridgehead atoms. The monoisotopic (exact) mass is 832 g/mol. The lowest BCUT2D eigenvalue weighted by Crippen LogP contribution is -2.56. The summed E-state index contributed by atoms with van der Waals surface area (Å²) in [6.45, 7) is 7.09. The summed E-state index contributed by atoms with van der Waals surface area (Å²) in [7, 11) is 2.17. The molecule has 0 fully saturated rings. The summed E-state index contributed by atoms with van der Waals surface area (Å²) in [4.78, 5) is 8.90. The van der Waals surface area contributed by atoms with Crippen molar-refractivity contribution in [2.75, 3.05) is 0 Å². The first-order chi connectivity index (χ1) is 31.5. The molecule has 0 radical (unpaired) electrons. The molecular weight excluding hydrogens is 777 g/mol. The molecule has 64 heavy (non-hydrogen) atoms. The molecule has 0 amide bonds. The normalized spacial score (nSPS) is 15.5. The zero-order valence-electron chi connectivity index (χ0n) is 37.5. The van der Waals surface area contributed by atoms with Gasteiger partial charge < -0.3 is 0 Å². The summed E-state index contributed by atoms with van der Waals surface area (Å²) in [5.74, 6) is 0. The van der Waals surface area contributed by atoms with Gasteiger partial charge in [-0.05, 0) is 142 Å². The number of fused-ring (bicyclic) bond motifs is 5. The van der Waals surface area contributed by atoms with E-state index in [1.807, 2.05) is 36.9 Å². The van der Waals surface area contributed by atoms with Crippen molar-refractivity contribution in [1.82, 2.24) is 9.97 Å². The summed E-state index contributed by atoms with van der Waals surface area (Å²) in [5, 5.41) is 2.76. The van der Waals surface area contributed by atoms with Crippen molar-refractivity contribution >= 4 is 10.8 Å². The van der Waals surface area contributed by atoms with Gasteiger partial charge in [0.1, 0.15) is 7.05 Å². The summed E-state index contributed by atoms with van der Waals surface area (Å²) in [6, 6.07) is 56.9. The van der Waals surface area contributed by atoms with Gasteiger partial charge in [-0.1, -0.05) is 100.0 Å². The van der Waals surface area contributed by atoms with Crippen LogP contribution in [0.4, 0.5) is 0 Å². The van der Waals surface area contributed by atoms with Crippen LogP contribution in [0.2, 0.25) is 0 Å². The van der Waals surface area contributed by atoms with Crippen LogP contribution < -0.4 is 9.13 Å². The van der Waals surface area contributed by atoms with Crippen LogP contribution in [0, 0.1) is 0 Å². The minimum absolute atomic E-state index is 0.134. The largest absolute Gasteiger partial charge is 0.264 e. The molecule has 1 aliphatic rings. The molecule has 0 spiro atoms. The fraction of sp³-hybridized carbons (Fsp3) is 0.200. The van der Waals surface area contributed by atoms with Crippen LogP contribution in [0.1, 0.15) is 69.2 Å². The van der Waals surface area contributed by atoms with E-state index in [4.69, 9.17) is 0 Å². The highest BCUT2D eigenvalue weighted by Gasteiger charge is 2.51. The zero-order valence-corrected chi connectivity index (χ0v) is 37.5. The number of hydrogen-bond acceptors (Lipinski definition) is 2. The number of nitrogens with zero attached hydrogens (tertiary/aromatic N) is 4. The Morgan fingerprint density at radius 2 is 1.19 bits per heavy atom. The smallest absolute Gasteiger partial charge is 0.220 e. The van der Waals surface area contributed by atoms with Crippen LogP contribution in [0.15, 0.2) is 189 Å². The predicted octanol–water partition coefficient (Wildman–Crippen LogP) is 13.9. The van der Waals surface area contributed by atoms with Crippen LogP contribution in [-0.2, 0) is 25.3 Å². The highest BCUT2D eigenvalue weighted by Crippen LogP contribution is 2.51. The minimum atomic E-state index is -0.134. The third-order valence-electron chi connectivity index (χ3n) is 14.0. The summed E-state index contributed by atoms with van der Waals surface area (Å²) in [5.41, 5.74) is 18.5. The molecule has 2 atom stereocenters. The van der Waals surface area contributed by atoms with Crippen LogP contribution in [-0.4, -0.2) is 9.97 Å². The van der Waals surface area contributed by atoms with Gasteiger partial charge in [0, 0.05) is 66.1 Å². The van der Waals surface area contributed by atoms with E-state index < -0.39 is 0 Å². The van der Waals surface area contributed by atoms with Gasteiger partial charge in [0.15, 0.2) is 18.4 Å². The van der Waals surface area contributed by atoms with E-state index in [-0.39, 0.29) is 11.5 Å². The molecule has 0 aliphatic carbocycles. The Bertz CT molecular complexity index is 3060. The van der Waals surface area contributed by atoms with Crippen molar-refractivity contribution in [3.8, 4) is 67.0 Å². The number of benzene rings is 5. The molecule has 0 N–H and O–H groups in total.